The van der Waals surface area contributed by atoms with Crippen molar-refractivity contribution in [3.8, 4) is 33.6 Å². The Morgan fingerprint density at radius 2 is 0.845 bits per heavy atom. The Morgan fingerprint density at radius 1 is 0.293 bits per heavy atom. The van der Waals surface area contributed by atoms with Crippen LogP contribution in [0.3, 0.4) is 0 Å². The predicted octanol–water partition coefficient (Wildman–Crippen LogP) is 16.0. The quantitative estimate of drug-likeness (QED) is 0.169. The lowest BCUT2D eigenvalue weighted by Gasteiger charge is -2.15. The summed E-state index contributed by atoms with van der Waals surface area (Å²) in [4.78, 5) is 0. The molecule has 0 atom stereocenters. The van der Waals surface area contributed by atoms with Gasteiger partial charge in [-0.1, -0.05) is 133 Å². The maximum absolute atomic E-state index is 2.51. The third-order valence-corrected chi connectivity index (χ3v) is 14.6. The molecule has 4 aromatic heterocycles. The number of thiophene rings is 2. The van der Waals surface area contributed by atoms with Crippen molar-refractivity contribution in [3.05, 3.63) is 194 Å². The summed E-state index contributed by atoms with van der Waals surface area (Å²) in [5.74, 6) is 0. The molecule has 0 N–H and O–H groups in total. The van der Waals surface area contributed by atoms with Gasteiger partial charge < -0.3 is 9.13 Å². The van der Waals surface area contributed by atoms with Crippen LogP contribution in [0, 0.1) is 0 Å². The van der Waals surface area contributed by atoms with Gasteiger partial charge in [-0.05, 0) is 77.4 Å². The summed E-state index contributed by atoms with van der Waals surface area (Å²) in [6.07, 6.45) is 0. The molecule has 4 heterocycles. The number of hydrogen-bond donors (Lipinski definition) is 0. The van der Waals surface area contributed by atoms with Crippen molar-refractivity contribution < 1.29 is 0 Å². The van der Waals surface area contributed by atoms with Gasteiger partial charge in [0.1, 0.15) is 0 Å². The zero-order valence-electron chi connectivity index (χ0n) is 31.2. The summed E-state index contributed by atoms with van der Waals surface area (Å²) in [5, 5.41) is 10.3. The van der Waals surface area contributed by atoms with Crippen LogP contribution in [0.5, 0.6) is 0 Å². The van der Waals surface area contributed by atoms with Crippen molar-refractivity contribution in [3.63, 3.8) is 0 Å². The second-order valence-corrected chi connectivity index (χ2v) is 17.3. The molecule has 0 unspecified atom stereocenters. The molecule has 0 amide bonds. The number of fused-ring (bicyclic) bond motifs is 12. The van der Waals surface area contributed by atoms with Gasteiger partial charge in [0, 0.05) is 68.4 Å². The summed E-state index contributed by atoms with van der Waals surface area (Å²) in [5.41, 5.74) is 12.1. The first-order valence-electron chi connectivity index (χ1n) is 19.8. The van der Waals surface area contributed by atoms with Gasteiger partial charge in [0.2, 0.25) is 0 Å². The van der Waals surface area contributed by atoms with Crippen molar-refractivity contribution >= 4 is 107 Å². The van der Waals surface area contributed by atoms with Crippen LogP contribution in [0.15, 0.2) is 194 Å². The van der Waals surface area contributed by atoms with E-state index in [0.717, 1.165) is 5.69 Å². The molecule has 0 aliphatic carbocycles. The third kappa shape index (κ3) is 4.53. The van der Waals surface area contributed by atoms with Crippen LogP contribution in [-0.2, 0) is 0 Å². The Morgan fingerprint density at radius 3 is 1.60 bits per heavy atom. The number of para-hydroxylation sites is 3. The molecule has 0 radical (unpaired) electrons. The largest absolute Gasteiger partial charge is 0.309 e. The topological polar surface area (TPSA) is 9.86 Å². The number of aromatic nitrogens is 2. The molecule has 2 nitrogen and oxygen atoms in total. The molecule has 13 aromatic rings. The molecule has 0 aliphatic rings. The van der Waals surface area contributed by atoms with Crippen LogP contribution in [-0.4, -0.2) is 9.13 Å². The molecule has 13 rings (SSSR count). The number of benzene rings is 9. The van der Waals surface area contributed by atoms with E-state index in [2.05, 4.69) is 203 Å². The number of nitrogens with zero attached hydrogens (tertiary/aromatic N) is 2. The lowest BCUT2D eigenvalue weighted by Crippen LogP contribution is -1.95. The minimum Gasteiger partial charge on any atom is -0.309 e. The summed E-state index contributed by atoms with van der Waals surface area (Å²) < 4.78 is 10.2. The Kier molecular flexibility index (Phi) is 6.79. The summed E-state index contributed by atoms with van der Waals surface area (Å²) >= 11 is 3.78. The Balaban J connectivity index is 1.16. The standard InChI is InChI=1S/C54H32N2S2/c1-2-14-34(15-3-1)55-46-23-8-5-17-36(46)45-31-44(42-21-12-20-40-38-18-6-10-26-51(38)57-53(40)42)43(32-50(45)55)33-28-29-37-35-16-4-9-24-47(35)56(49(37)30-33)48-25-13-22-41-39-19-7-11-27-52(39)58-54(41)48/h1-32H. The van der Waals surface area contributed by atoms with Crippen molar-refractivity contribution in [2.75, 3.05) is 0 Å². The Bertz CT molecular complexity index is 3800. The van der Waals surface area contributed by atoms with Crippen LogP contribution in [0.4, 0.5) is 0 Å². The highest BCUT2D eigenvalue weighted by Crippen LogP contribution is 2.47. The molecule has 0 saturated heterocycles. The van der Waals surface area contributed by atoms with Gasteiger partial charge in [0.25, 0.3) is 0 Å². The van der Waals surface area contributed by atoms with Gasteiger partial charge in [0.15, 0.2) is 0 Å². The molecule has 9 aromatic carbocycles. The highest BCUT2D eigenvalue weighted by molar-refractivity contribution is 7.26. The first-order valence-corrected chi connectivity index (χ1v) is 21.4. The molecular formula is C54H32N2S2. The van der Waals surface area contributed by atoms with E-state index in [1.165, 1.54) is 112 Å². The molecule has 0 aliphatic heterocycles. The molecular weight excluding hydrogens is 741 g/mol. The number of hydrogen-bond acceptors (Lipinski definition) is 2. The van der Waals surface area contributed by atoms with E-state index in [1.54, 1.807) is 0 Å². The molecule has 270 valence electrons. The van der Waals surface area contributed by atoms with Crippen molar-refractivity contribution in [1.82, 2.24) is 9.13 Å². The Hall–Kier alpha value is -6.98. The van der Waals surface area contributed by atoms with Gasteiger partial charge in [-0.25, -0.2) is 0 Å². The normalized spacial score (nSPS) is 12.1. The Labute approximate surface area is 341 Å². The van der Waals surface area contributed by atoms with Crippen molar-refractivity contribution in [2.24, 2.45) is 0 Å². The van der Waals surface area contributed by atoms with Gasteiger partial charge in [-0.3, -0.25) is 0 Å². The van der Waals surface area contributed by atoms with Gasteiger partial charge in [0.05, 0.1) is 32.5 Å². The van der Waals surface area contributed by atoms with Crippen molar-refractivity contribution in [1.29, 1.82) is 0 Å². The maximum Gasteiger partial charge on any atom is 0.0640 e. The molecule has 0 spiro atoms. The van der Waals surface area contributed by atoms with E-state index in [9.17, 15) is 0 Å². The first kappa shape index (κ1) is 32.1. The SMILES string of the molecule is c1ccc(-n2c3ccccc3c3cc(-c4cccc5c4sc4ccccc45)c(-c4ccc5c6ccccc6n(-c6cccc7c6sc6ccccc67)c5c4)cc32)cc1. The van der Waals surface area contributed by atoms with Gasteiger partial charge in [-0.15, -0.1) is 22.7 Å². The second-order valence-electron chi connectivity index (χ2n) is 15.2. The predicted molar refractivity (Wildman–Crippen MR) is 252 cm³/mol. The highest BCUT2D eigenvalue weighted by Gasteiger charge is 2.22. The zero-order valence-corrected chi connectivity index (χ0v) is 32.8. The van der Waals surface area contributed by atoms with Gasteiger partial charge in [-0.2, -0.15) is 0 Å². The van der Waals surface area contributed by atoms with Crippen LogP contribution in [0.1, 0.15) is 0 Å². The fourth-order valence-corrected chi connectivity index (χ4v) is 12.0. The molecule has 0 saturated carbocycles. The maximum atomic E-state index is 2.51. The minimum absolute atomic E-state index is 1.16. The lowest BCUT2D eigenvalue weighted by atomic mass is 9.91. The minimum atomic E-state index is 1.16. The molecule has 58 heavy (non-hydrogen) atoms. The monoisotopic (exact) mass is 772 g/mol. The highest BCUT2D eigenvalue weighted by atomic mass is 32.1. The van der Waals surface area contributed by atoms with Crippen LogP contribution < -0.4 is 0 Å². The number of rotatable bonds is 4. The summed E-state index contributed by atoms with van der Waals surface area (Å²) in [6, 6.07) is 71.9. The average molecular weight is 773 g/mol. The fraction of sp³-hybridized carbons (Fsp3) is 0. The lowest BCUT2D eigenvalue weighted by molar-refractivity contribution is 1.18. The van der Waals surface area contributed by atoms with E-state index in [1.807, 2.05) is 22.7 Å². The molecule has 4 heteroatoms. The molecule has 0 bridgehead atoms. The van der Waals surface area contributed by atoms with E-state index < -0.39 is 0 Å². The third-order valence-electron chi connectivity index (χ3n) is 12.1. The van der Waals surface area contributed by atoms with Crippen LogP contribution in [0.25, 0.3) is 118 Å². The fourth-order valence-electron chi connectivity index (χ4n) is 9.60. The van der Waals surface area contributed by atoms with E-state index >= 15 is 0 Å². The van der Waals surface area contributed by atoms with E-state index in [4.69, 9.17) is 0 Å². The molecule has 0 fully saturated rings. The van der Waals surface area contributed by atoms with Gasteiger partial charge >= 0.3 is 0 Å². The summed E-state index contributed by atoms with van der Waals surface area (Å²) in [7, 11) is 0. The van der Waals surface area contributed by atoms with Crippen molar-refractivity contribution in [2.45, 2.75) is 0 Å². The summed E-state index contributed by atoms with van der Waals surface area (Å²) in [6.45, 7) is 0. The smallest absolute Gasteiger partial charge is 0.0640 e. The van der Waals surface area contributed by atoms with Crippen LogP contribution >= 0.6 is 22.7 Å². The zero-order chi connectivity index (χ0) is 37.9. The first-order chi connectivity index (χ1) is 28.8. The van der Waals surface area contributed by atoms with Crippen LogP contribution in [0.2, 0.25) is 0 Å². The average Bonchev–Trinajstić information content (AvgIpc) is 4.04. The van der Waals surface area contributed by atoms with E-state index in [0.29, 0.717) is 0 Å². The second kappa shape index (κ2) is 12.3. The van der Waals surface area contributed by atoms with E-state index in [-0.39, 0.29) is 0 Å².